The predicted octanol–water partition coefficient (Wildman–Crippen LogP) is 1.05. The Morgan fingerprint density at radius 1 is 1.07 bits per heavy atom. The second-order valence-corrected chi connectivity index (χ2v) is 6.29. The van der Waals surface area contributed by atoms with Crippen molar-refractivity contribution in [1.29, 1.82) is 0 Å². The zero-order valence-electron chi connectivity index (χ0n) is 14.7. The van der Waals surface area contributed by atoms with Gasteiger partial charge in [0, 0.05) is 6.92 Å². The first-order valence-electron chi connectivity index (χ1n) is 8.09. The summed E-state index contributed by atoms with van der Waals surface area (Å²) < 4.78 is 88.1. The van der Waals surface area contributed by atoms with Gasteiger partial charge in [0.15, 0.2) is 0 Å². The van der Waals surface area contributed by atoms with Crippen LogP contribution in [-0.4, -0.2) is 58.5 Å². The first-order valence-corrected chi connectivity index (χ1v) is 8.09. The number of alkyl halides is 6. The number of ether oxygens (including phenoxy) is 2. The fraction of sp³-hybridized carbons (Fsp3) is 0.562. The Hall–Kier alpha value is -2.09. The van der Waals surface area contributed by atoms with Gasteiger partial charge in [-0.3, -0.25) is 4.79 Å². The smallest absolute Gasteiger partial charge is 0.416 e. The second kappa shape index (κ2) is 8.34. The van der Waals surface area contributed by atoms with E-state index in [0.717, 1.165) is 6.92 Å². The lowest BCUT2D eigenvalue weighted by Gasteiger charge is -2.42. The third kappa shape index (κ3) is 5.50. The molecule has 1 amide bonds. The van der Waals surface area contributed by atoms with E-state index in [9.17, 15) is 46.5 Å². The summed E-state index contributed by atoms with van der Waals surface area (Å²) in [5.74, 6) is -1.66. The van der Waals surface area contributed by atoms with E-state index in [2.05, 4.69) is 5.32 Å². The molecule has 29 heavy (non-hydrogen) atoms. The van der Waals surface area contributed by atoms with Gasteiger partial charge in [-0.2, -0.15) is 26.3 Å². The molecule has 0 saturated carbocycles. The number of benzene rings is 1. The zero-order chi connectivity index (χ0) is 22.1. The summed E-state index contributed by atoms with van der Waals surface area (Å²) in [6.45, 7) is 0.168. The minimum absolute atomic E-state index is 0.102. The second-order valence-electron chi connectivity index (χ2n) is 6.29. The topological polar surface area (TPSA) is 108 Å². The van der Waals surface area contributed by atoms with Crippen LogP contribution in [0.3, 0.4) is 0 Å². The summed E-state index contributed by atoms with van der Waals surface area (Å²) >= 11 is 0. The standard InChI is InChI=1S/C16H17F6NO6/c1-6(25)23-11-13(27)12(26)10(5-24)29-14(11)28-9-3-7(15(17,18)19)2-8(4-9)16(20,21)22/h2-4,10-14,24,26-27H,5H2,1H3,(H,23,25). The van der Waals surface area contributed by atoms with E-state index in [4.69, 9.17) is 9.47 Å². The van der Waals surface area contributed by atoms with Crippen LogP contribution in [0.4, 0.5) is 26.3 Å². The lowest BCUT2D eigenvalue weighted by atomic mass is 9.97. The number of carbonyl (C=O) groups excluding carboxylic acids is 1. The molecule has 1 aromatic carbocycles. The van der Waals surface area contributed by atoms with Crippen molar-refractivity contribution in [3.63, 3.8) is 0 Å². The average Bonchev–Trinajstić information content (AvgIpc) is 2.59. The molecule has 1 aliphatic heterocycles. The Balaban J connectivity index is 2.43. The molecule has 5 atom stereocenters. The van der Waals surface area contributed by atoms with E-state index < -0.39 is 72.4 Å². The Morgan fingerprint density at radius 3 is 2.00 bits per heavy atom. The fourth-order valence-electron chi connectivity index (χ4n) is 2.70. The number of nitrogens with one attached hydrogen (secondary N) is 1. The molecule has 0 aliphatic carbocycles. The number of aliphatic hydroxyl groups is 3. The van der Waals surface area contributed by atoms with Crippen molar-refractivity contribution < 1.29 is 55.9 Å². The number of amides is 1. The first-order chi connectivity index (χ1) is 13.2. The van der Waals surface area contributed by atoms with Gasteiger partial charge in [-0.25, -0.2) is 0 Å². The Labute approximate surface area is 159 Å². The van der Waals surface area contributed by atoms with Gasteiger partial charge in [0.2, 0.25) is 12.2 Å². The highest BCUT2D eigenvalue weighted by molar-refractivity contribution is 5.73. The van der Waals surface area contributed by atoms with Crippen LogP contribution in [0.2, 0.25) is 0 Å². The Bertz CT molecular complexity index is 707. The van der Waals surface area contributed by atoms with Crippen LogP contribution in [0.15, 0.2) is 18.2 Å². The van der Waals surface area contributed by atoms with Crippen molar-refractivity contribution in [3.05, 3.63) is 29.3 Å². The zero-order valence-corrected chi connectivity index (χ0v) is 14.7. The molecular formula is C16H17F6NO6. The molecule has 5 unspecified atom stereocenters. The van der Waals surface area contributed by atoms with E-state index in [1.807, 2.05) is 0 Å². The van der Waals surface area contributed by atoms with Gasteiger partial charge in [-0.15, -0.1) is 0 Å². The first kappa shape index (κ1) is 23.2. The molecule has 1 aromatic rings. The highest BCUT2D eigenvalue weighted by Gasteiger charge is 2.46. The summed E-state index contributed by atoms with van der Waals surface area (Å²) in [4.78, 5) is 11.3. The van der Waals surface area contributed by atoms with Crippen molar-refractivity contribution in [2.24, 2.45) is 0 Å². The minimum atomic E-state index is -5.12. The number of halogens is 6. The molecule has 2 rings (SSSR count). The minimum Gasteiger partial charge on any atom is -0.463 e. The van der Waals surface area contributed by atoms with Crippen LogP contribution in [0.5, 0.6) is 5.75 Å². The summed E-state index contributed by atoms with van der Waals surface area (Å²) in [5.41, 5.74) is -3.29. The van der Waals surface area contributed by atoms with Crippen LogP contribution < -0.4 is 10.1 Å². The van der Waals surface area contributed by atoms with E-state index in [1.54, 1.807) is 0 Å². The van der Waals surface area contributed by atoms with Crippen LogP contribution in [0, 0.1) is 0 Å². The number of aliphatic hydroxyl groups excluding tert-OH is 3. The van der Waals surface area contributed by atoms with Gasteiger partial charge in [0.1, 0.15) is 30.1 Å². The van der Waals surface area contributed by atoms with Gasteiger partial charge in [0.05, 0.1) is 17.7 Å². The third-order valence-electron chi connectivity index (χ3n) is 4.06. The molecule has 0 radical (unpaired) electrons. The summed E-state index contributed by atoms with van der Waals surface area (Å²) in [7, 11) is 0. The Morgan fingerprint density at radius 2 is 1.59 bits per heavy atom. The largest absolute Gasteiger partial charge is 0.463 e. The van der Waals surface area contributed by atoms with Gasteiger partial charge in [-0.1, -0.05) is 0 Å². The number of carbonyl (C=O) groups is 1. The SMILES string of the molecule is CC(=O)NC1C(Oc2cc(C(F)(F)F)cc(C(F)(F)F)c2)OC(CO)C(O)C1O. The van der Waals surface area contributed by atoms with Crippen LogP contribution in [0.1, 0.15) is 18.1 Å². The number of hydrogen-bond donors (Lipinski definition) is 4. The normalized spacial score (nSPS) is 28.1. The van der Waals surface area contributed by atoms with Crippen molar-refractivity contribution in [3.8, 4) is 5.75 Å². The quantitative estimate of drug-likeness (QED) is 0.529. The molecule has 0 bridgehead atoms. The highest BCUT2D eigenvalue weighted by Crippen LogP contribution is 2.39. The summed E-state index contributed by atoms with van der Waals surface area (Å²) in [5, 5.41) is 31.3. The molecule has 164 valence electrons. The number of rotatable bonds is 4. The fourth-order valence-corrected chi connectivity index (χ4v) is 2.70. The molecule has 4 N–H and O–H groups in total. The van der Waals surface area contributed by atoms with Gasteiger partial charge >= 0.3 is 12.4 Å². The molecule has 1 heterocycles. The highest BCUT2D eigenvalue weighted by atomic mass is 19.4. The van der Waals surface area contributed by atoms with Gasteiger partial charge in [0.25, 0.3) is 0 Å². The molecule has 0 aromatic heterocycles. The van der Waals surface area contributed by atoms with Crippen LogP contribution >= 0.6 is 0 Å². The van der Waals surface area contributed by atoms with E-state index in [0.29, 0.717) is 0 Å². The maximum absolute atomic E-state index is 13.0. The van der Waals surface area contributed by atoms with E-state index >= 15 is 0 Å². The maximum Gasteiger partial charge on any atom is 0.416 e. The maximum atomic E-state index is 13.0. The molecule has 0 spiro atoms. The van der Waals surface area contributed by atoms with Gasteiger partial charge in [-0.05, 0) is 18.2 Å². The van der Waals surface area contributed by atoms with Crippen molar-refractivity contribution in [2.45, 2.75) is 49.9 Å². The van der Waals surface area contributed by atoms with E-state index in [1.165, 1.54) is 0 Å². The summed E-state index contributed by atoms with van der Waals surface area (Å²) in [6, 6.07) is -1.08. The summed E-state index contributed by atoms with van der Waals surface area (Å²) in [6.07, 6.45) is -17.0. The Kier molecular flexibility index (Phi) is 6.67. The predicted molar refractivity (Wildman–Crippen MR) is 82.4 cm³/mol. The number of hydrogen-bond acceptors (Lipinski definition) is 6. The van der Waals surface area contributed by atoms with Crippen molar-refractivity contribution >= 4 is 5.91 Å². The molecule has 1 saturated heterocycles. The van der Waals surface area contributed by atoms with E-state index in [-0.39, 0.29) is 18.2 Å². The molecule has 1 aliphatic rings. The van der Waals surface area contributed by atoms with Crippen LogP contribution in [0.25, 0.3) is 0 Å². The van der Waals surface area contributed by atoms with Crippen molar-refractivity contribution in [2.75, 3.05) is 6.61 Å². The molecule has 13 heteroatoms. The monoisotopic (exact) mass is 433 g/mol. The third-order valence-corrected chi connectivity index (χ3v) is 4.06. The average molecular weight is 433 g/mol. The lowest BCUT2D eigenvalue weighted by molar-refractivity contribution is -0.244. The van der Waals surface area contributed by atoms with Crippen LogP contribution in [-0.2, 0) is 21.9 Å². The lowest BCUT2D eigenvalue weighted by Crippen LogP contribution is -2.65. The van der Waals surface area contributed by atoms with Crippen molar-refractivity contribution in [1.82, 2.24) is 5.32 Å². The molecule has 1 fully saturated rings. The molecular weight excluding hydrogens is 416 g/mol. The molecule has 7 nitrogen and oxygen atoms in total. The van der Waals surface area contributed by atoms with Gasteiger partial charge < -0.3 is 30.1 Å².